The van der Waals surface area contributed by atoms with Gasteiger partial charge >= 0.3 is 0 Å². The number of fused-ring (bicyclic) bond motifs is 1. The summed E-state index contributed by atoms with van der Waals surface area (Å²) in [6.07, 6.45) is 3.39. The maximum Gasteiger partial charge on any atom is 0.263 e. The van der Waals surface area contributed by atoms with Crippen molar-refractivity contribution in [1.82, 2.24) is 25.1 Å². The third-order valence-corrected chi connectivity index (χ3v) is 7.99. The molecule has 0 radical (unpaired) electrons. The van der Waals surface area contributed by atoms with Crippen molar-refractivity contribution in [1.29, 1.82) is 5.26 Å². The van der Waals surface area contributed by atoms with Gasteiger partial charge in [-0.05, 0) is 60.7 Å². The highest BCUT2D eigenvalue weighted by molar-refractivity contribution is 8.02. The zero-order chi connectivity index (χ0) is 27.6. The molecule has 10 nitrogen and oxygen atoms in total. The number of pyridine rings is 2. The third-order valence-electron chi connectivity index (χ3n) is 6.41. The fraction of sp³-hybridized carbons (Fsp3) is 0.259. The number of ether oxygens (including phenoxy) is 1. The van der Waals surface area contributed by atoms with E-state index in [-0.39, 0.29) is 22.7 Å². The Hall–Kier alpha value is -4.14. The number of halogens is 1. The summed E-state index contributed by atoms with van der Waals surface area (Å²) in [6, 6.07) is 15.9. The minimum absolute atomic E-state index is 0.0116. The maximum atomic E-state index is 13.1. The predicted molar refractivity (Wildman–Crippen MR) is 150 cm³/mol. The van der Waals surface area contributed by atoms with Gasteiger partial charge in [-0.15, -0.1) is 5.10 Å². The first-order valence-electron chi connectivity index (χ1n) is 12.1. The van der Waals surface area contributed by atoms with Gasteiger partial charge in [0, 0.05) is 26.0 Å². The summed E-state index contributed by atoms with van der Waals surface area (Å²) in [5.41, 5.74) is 1.32. The molecule has 1 amide bonds. The lowest BCUT2D eigenvalue weighted by Crippen LogP contribution is -2.32. The summed E-state index contributed by atoms with van der Waals surface area (Å²) in [7, 11) is 3.51. The van der Waals surface area contributed by atoms with Crippen molar-refractivity contribution in [2.75, 3.05) is 18.0 Å². The molecule has 3 aromatic heterocycles. The van der Waals surface area contributed by atoms with Crippen LogP contribution in [0.15, 0.2) is 59.5 Å². The molecule has 4 aromatic rings. The van der Waals surface area contributed by atoms with Crippen molar-refractivity contribution in [3.63, 3.8) is 0 Å². The van der Waals surface area contributed by atoms with Gasteiger partial charge in [0.05, 0.1) is 22.6 Å². The van der Waals surface area contributed by atoms with Crippen LogP contribution < -0.4 is 19.9 Å². The fourth-order valence-electron chi connectivity index (χ4n) is 4.06. The predicted octanol–water partition coefficient (Wildman–Crippen LogP) is 3.87. The van der Waals surface area contributed by atoms with Gasteiger partial charge in [0.15, 0.2) is 0 Å². The van der Waals surface area contributed by atoms with Crippen LogP contribution in [0.2, 0.25) is 5.15 Å². The van der Waals surface area contributed by atoms with E-state index in [4.69, 9.17) is 21.6 Å². The molecule has 39 heavy (non-hydrogen) atoms. The first-order valence-corrected chi connectivity index (χ1v) is 13.2. The zero-order valence-corrected chi connectivity index (χ0v) is 22.8. The molecule has 1 fully saturated rings. The van der Waals surface area contributed by atoms with Crippen LogP contribution >= 0.6 is 23.5 Å². The number of hydrogen-bond acceptors (Lipinski definition) is 9. The molecule has 0 bridgehead atoms. The second-order valence-electron chi connectivity index (χ2n) is 9.25. The number of nitriles is 1. The number of benzene rings is 1. The Morgan fingerprint density at radius 1 is 1.28 bits per heavy atom. The Morgan fingerprint density at radius 3 is 2.74 bits per heavy atom. The highest BCUT2D eigenvalue weighted by Crippen LogP contribution is 2.50. The number of anilines is 1. The van der Waals surface area contributed by atoms with Crippen LogP contribution in [0.5, 0.6) is 5.88 Å². The lowest BCUT2D eigenvalue weighted by atomic mass is 10.1. The zero-order valence-electron chi connectivity index (χ0n) is 21.2. The van der Waals surface area contributed by atoms with Crippen LogP contribution in [-0.4, -0.2) is 44.1 Å². The molecule has 0 aliphatic heterocycles. The van der Waals surface area contributed by atoms with Crippen molar-refractivity contribution < 1.29 is 9.53 Å². The molecule has 198 valence electrons. The van der Waals surface area contributed by atoms with Gasteiger partial charge in [0.2, 0.25) is 0 Å². The van der Waals surface area contributed by atoms with Gasteiger partial charge in [-0.1, -0.05) is 29.8 Å². The topological polar surface area (TPSA) is 126 Å². The van der Waals surface area contributed by atoms with Gasteiger partial charge in [-0.3, -0.25) is 9.59 Å². The van der Waals surface area contributed by atoms with E-state index in [1.165, 1.54) is 16.8 Å². The normalized spacial score (nSPS) is 13.5. The van der Waals surface area contributed by atoms with E-state index >= 15 is 0 Å². The van der Waals surface area contributed by atoms with Crippen molar-refractivity contribution in [3.05, 3.63) is 86.9 Å². The molecule has 1 aliphatic rings. The number of nitrogens with one attached hydrogen (secondary N) is 1. The Bertz CT molecular complexity index is 1650. The van der Waals surface area contributed by atoms with Crippen LogP contribution in [0, 0.1) is 11.3 Å². The van der Waals surface area contributed by atoms with Crippen LogP contribution in [-0.2, 0) is 13.6 Å². The van der Waals surface area contributed by atoms with Crippen molar-refractivity contribution in [2.24, 2.45) is 7.05 Å². The smallest absolute Gasteiger partial charge is 0.263 e. The van der Waals surface area contributed by atoms with Gasteiger partial charge in [-0.25, -0.2) is 4.98 Å². The summed E-state index contributed by atoms with van der Waals surface area (Å²) in [5.74, 6) is 0.468. The number of hydrogen-bond donors (Lipinski definition) is 1. The molecule has 3 heterocycles. The van der Waals surface area contributed by atoms with Crippen molar-refractivity contribution >= 4 is 46.2 Å². The fourth-order valence-corrected chi connectivity index (χ4v) is 5.40. The molecular weight excluding hydrogens is 538 g/mol. The summed E-state index contributed by atoms with van der Waals surface area (Å²) < 4.78 is 9.29. The molecule has 0 atom stereocenters. The Kier molecular flexibility index (Phi) is 7.41. The Balaban J connectivity index is 1.31. The number of aromatic nitrogens is 4. The van der Waals surface area contributed by atoms with Gasteiger partial charge in [0.1, 0.15) is 28.7 Å². The maximum absolute atomic E-state index is 13.1. The molecule has 0 unspecified atom stereocenters. The SMILES string of the molecule is CN(SC1(COc2nncc3cc(C(=O)NCc4ccc(C#N)cc4)c(=O)n(C)c23)CC1)c1cccc(Cl)n1. The van der Waals surface area contributed by atoms with E-state index in [1.807, 2.05) is 23.5 Å². The number of carbonyl (C=O) groups excluding carboxylic acids is 1. The molecule has 1 saturated carbocycles. The van der Waals surface area contributed by atoms with Crippen LogP contribution in [0.3, 0.4) is 0 Å². The van der Waals surface area contributed by atoms with E-state index in [1.54, 1.807) is 49.3 Å². The number of aryl methyl sites for hydroxylation is 1. The van der Waals surface area contributed by atoms with Crippen LogP contribution in [0.25, 0.3) is 10.9 Å². The average molecular weight is 562 g/mol. The number of carbonyl (C=O) groups is 1. The second kappa shape index (κ2) is 10.9. The van der Waals surface area contributed by atoms with E-state index < -0.39 is 11.5 Å². The number of rotatable bonds is 9. The average Bonchev–Trinajstić information content (AvgIpc) is 3.71. The molecule has 1 aromatic carbocycles. The lowest BCUT2D eigenvalue weighted by molar-refractivity contribution is 0.0949. The number of amides is 1. The molecule has 5 rings (SSSR count). The molecule has 1 N–H and O–H groups in total. The monoisotopic (exact) mass is 561 g/mol. The first kappa shape index (κ1) is 26.5. The quantitative estimate of drug-likeness (QED) is 0.239. The first-order chi connectivity index (χ1) is 18.8. The second-order valence-corrected chi connectivity index (χ2v) is 11.2. The molecule has 0 saturated heterocycles. The summed E-state index contributed by atoms with van der Waals surface area (Å²) in [4.78, 5) is 30.4. The van der Waals surface area contributed by atoms with Gasteiger partial charge < -0.3 is 18.9 Å². The largest absolute Gasteiger partial charge is 0.474 e. The van der Waals surface area contributed by atoms with E-state index in [9.17, 15) is 9.59 Å². The Morgan fingerprint density at radius 2 is 2.05 bits per heavy atom. The molecule has 12 heteroatoms. The van der Waals surface area contributed by atoms with Crippen molar-refractivity contribution in [3.8, 4) is 11.9 Å². The van der Waals surface area contributed by atoms with E-state index in [0.717, 1.165) is 24.2 Å². The van der Waals surface area contributed by atoms with Gasteiger partial charge in [-0.2, -0.15) is 10.4 Å². The minimum atomic E-state index is -0.507. The summed E-state index contributed by atoms with van der Waals surface area (Å²) in [6.45, 7) is 0.574. The number of nitrogens with zero attached hydrogens (tertiary/aromatic N) is 6. The van der Waals surface area contributed by atoms with E-state index in [2.05, 4.69) is 26.6 Å². The Labute approximate surface area is 233 Å². The van der Waals surface area contributed by atoms with E-state index in [0.29, 0.717) is 28.2 Å². The van der Waals surface area contributed by atoms with Crippen LogP contribution in [0.1, 0.15) is 34.3 Å². The standard InChI is InChI=1S/C27H24ClN7O3S/c1-34-23-19(12-20(26(34)37)24(36)30-14-18-8-6-17(13-29)7-9-18)15-31-33-25(23)38-16-27(10-11-27)39-35(2)22-5-3-4-21(28)32-22/h3-9,12,15H,10-11,14,16H2,1-2H3,(H,30,36). The van der Waals surface area contributed by atoms with Gasteiger partial charge in [0.25, 0.3) is 17.3 Å². The van der Waals surface area contributed by atoms with Crippen molar-refractivity contribution in [2.45, 2.75) is 24.1 Å². The summed E-state index contributed by atoms with van der Waals surface area (Å²) in [5, 5.41) is 20.9. The van der Waals surface area contributed by atoms with Crippen LogP contribution in [0.4, 0.5) is 5.82 Å². The molecule has 0 spiro atoms. The minimum Gasteiger partial charge on any atom is -0.474 e. The third kappa shape index (κ3) is 5.82. The lowest BCUT2D eigenvalue weighted by Gasteiger charge is -2.23. The summed E-state index contributed by atoms with van der Waals surface area (Å²) >= 11 is 7.66. The highest BCUT2D eigenvalue weighted by atomic mass is 35.5. The molecular formula is C27H24ClN7O3S. The highest BCUT2D eigenvalue weighted by Gasteiger charge is 2.46. The molecule has 1 aliphatic carbocycles.